The van der Waals surface area contributed by atoms with Crippen molar-refractivity contribution in [1.82, 2.24) is 10.3 Å². The predicted molar refractivity (Wildman–Crippen MR) is 77.6 cm³/mol. The highest BCUT2D eigenvalue weighted by atomic mass is 32.1. The SMILES string of the molecule is O=C(Nc1nc2ccccc2s1)NC1(C(=O)O)CCOC1. The van der Waals surface area contributed by atoms with Gasteiger partial charge in [-0.05, 0) is 12.1 Å². The standard InChI is InChI=1S/C13H13N3O4S/c17-10(18)13(5-6-20-7-13)16-11(19)15-12-14-8-3-1-2-4-9(8)21-12/h1-4H,5-7H2,(H,17,18)(H2,14,15,16,19). The number of ether oxygens (including phenoxy) is 1. The second-order valence-electron chi connectivity index (χ2n) is 4.76. The van der Waals surface area contributed by atoms with E-state index in [-0.39, 0.29) is 13.0 Å². The molecule has 0 spiro atoms. The van der Waals surface area contributed by atoms with Crippen molar-refractivity contribution in [2.75, 3.05) is 18.5 Å². The fourth-order valence-electron chi connectivity index (χ4n) is 2.16. The van der Waals surface area contributed by atoms with Crippen molar-refractivity contribution in [1.29, 1.82) is 0 Å². The summed E-state index contributed by atoms with van der Waals surface area (Å²) < 4.78 is 6.03. The molecule has 0 bridgehead atoms. The summed E-state index contributed by atoms with van der Waals surface area (Å²) in [5, 5.41) is 14.7. The van der Waals surface area contributed by atoms with Gasteiger partial charge in [-0.2, -0.15) is 0 Å². The molecule has 2 amide bonds. The number of carbonyl (C=O) groups excluding carboxylic acids is 1. The van der Waals surface area contributed by atoms with E-state index in [0.717, 1.165) is 10.2 Å². The van der Waals surface area contributed by atoms with Crippen LogP contribution >= 0.6 is 11.3 Å². The molecule has 0 aliphatic carbocycles. The molecule has 1 atom stereocenters. The second-order valence-corrected chi connectivity index (χ2v) is 5.79. The normalized spacial score (nSPS) is 21.3. The van der Waals surface area contributed by atoms with Gasteiger partial charge in [-0.15, -0.1) is 0 Å². The second kappa shape index (κ2) is 5.30. The highest BCUT2D eigenvalue weighted by Gasteiger charge is 2.44. The Bertz CT molecular complexity index is 661. The van der Waals surface area contributed by atoms with Gasteiger partial charge < -0.3 is 15.2 Å². The van der Waals surface area contributed by atoms with Crippen LogP contribution < -0.4 is 10.6 Å². The Hall–Kier alpha value is -2.19. The molecule has 21 heavy (non-hydrogen) atoms. The van der Waals surface area contributed by atoms with E-state index in [9.17, 15) is 14.7 Å². The molecule has 1 fully saturated rings. The Morgan fingerprint density at radius 2 is 2.19 bits per heavy atom. The number of aliphatic carboxylic acids is 1. The van der Waals surface area contributed by atoms with Gasteiger partial charge in [-0.3, -0.25) is 5.32 Å². The maximum atomic E-state index is 12.0. The van der Waals surface area contributed by atoms with E-state index in [1.807, 2.05) is 24.3 Å². The van der Waals surface area contributed by atoms with Gasteiger partial charge >= 0.3 is 12.0 Å². The Labute approximate surface area is 123 Å². The van der Waals surface area contributed by atoms with Crippen LogP contribution in [0.4, 0.5) is 9.93 Å². The molecule has 3 rings (SSSR count). The van der Waals surface area contributed by atoms with Gasteiger partial charge in [0.05, 0.1) is 16.8 Å². The zero-order chi connectivity index (χ0) is 14.9. The molecule has 7 nitrogen and oxygen atoms in total. The molecule has 8 heteroatoms. The summed E-state index contributed by atoms with van der Waals surface area (Å²) in [6.07, 6.45) is 0.246. The number of amides is 2. The lowest BCUT2D eigenvalue weighted by atomic mass is 9.99. The number of nitrogens with zero attached hydrogens (tertiary/aromatic N) is 1. The first kappa shape index (κ1) is 13.8. The number of rotatable bonds is 3. The number of carboxylic acids is 1. The quantitative estimate of drug-likeness (QED) is 0.800. The minimum absolute atomic E-state index is 0.0321. The summed E-state index contributed by atoms with van der Waals surface area (Å²) >= 11 is 1.33. The van der Waals surface area contributed by atoms with Gasteiger partial charge in [0.15, 0.2) is 10.7 Å². The van der Waals surface area contributed by atoms with Crippen molar-refractivity contribution in [2.24, 2.45) is 0 Å². The van der Waals surface area contributed by atoms with E-state index in [2.05, 4.69) is 15.6 Å². The first-order chi connectivity index (χ1) is 10.1. The Kier molecular flexibility index (Phi) is 3.48. The van der Waals surface area contributed by atoms with E-state index in [0.29, 0.717) is 11.7 Å². The molecule has 2 aromatic rings. The topological polar surface area (TPSA) is 101 Å². The van der Waals surface area contributed by atoms with Crippen molar-refractivity contribution in [3.8, 4) is 0 Å². The molecular weight excluding hydrogens is 294 g/mol. The maximum Gasteiger partial charge on any atom is 0.332 e. The number of hydrogen-bond acceptors (Lipinski definition) is 5. The van der Waals surface area contributed by atoms with E-state index < -0.39 is 17.5 Å². The van der Waals surface area contributed by atoms with E-state index in [1.54, 1.807) is 0 Å². The first-order valence-electron chi connectivity index (χ1n) is 6.35. The van der Waals surface area contributed by atoms with Crippen molar-refractivity contribution in [3.63, 3.8) is 0 Å². The lowest BCUT2D eigenvalue weighted by Gasteiger charge is -2.23. The number of urea groups is 1. The minimum Gasteiger partial charge on any atom is -0.479 e. The van der Waals surface area contributed by atoms with Gasteiger partial charge in [0.25, 0.3) is 0 Å². The monoisotopic (exact) mass is 307 g/mol. The minimum atomic E-state index is -1.36. The van der Waals surface area contributed by atoms with E-state index >= 15 is 0 Å². The number of para-hydroxylation sites is 1. The molecule has 2 heterocycles. The average Bonchev–Trinajstić information content (AvgIpc) is 3.05. The van der Waals surface area contributed by atoms with Crippen molar-refractivity contribution < 1.29 is 19.4 Å². The van der Waals surface area contributed by atoms with Gasteiger partial charge in [0, 0.05) is 13.0 Å². The highest BCUT2D eigenvalue weighted by Crippen LogP contribution is 2.25. The molecule has 110 valence electrons. The molecular formula is C13H13N3O4S. The Balaban J connectivity index is 1.72. The third-order valence-corrected chi connectivity index (χ3v) is 4.25. The van der Waals surface area contributed by atoms with Crippen LogP contribution in [0, 0.1) is 0 Å². The van der Waals surface area contributed by atoms with Crippen LogP contribution in [0.5, 0.6) is 0 Å². The zero-order valence-corrected chi connectivity index (χ0v) is 11.8. The number of anilines is 1. The summed E-state index contributed by atoms with van der Waals surface area (Å²) in [5.41, 5.74) is -0.573. The molecule has 0 radical (unpaired) electrons. The molecule has 1 aliphatic rings. The summed E-state index contributed by atoms with van der Waals surface area (Å²) in [4.78, 5) is 27.6. The van der Waals surface area contributed by atoms with Crippen LogP contribution in [-0.2, 0) is 9.53 Å². The number of fused-ring (bicyclic) bond motifs is 1. The molecule has 1 aromatic heterocycles. The first-order valence-corrected chi connectivity index (χ1v) is 7.17. The number of carbonyl (C=O) groups is 2. The van der Waals surface area contributed by atoms with Gasteiger partial charge in [0.2, 0.25) is 0 Å². The van der Waals surface area contributed by atoms with Crippen LogP contribution in [0.15, 0.2) is 24.3 Å². The molecule has 0 saturated carbocycles. The summed E-state index contributed by atoms with van der Waals surface area (Å²) in [7, 11) is 0. The van der Waals surface area contributed by atoms with E-state index in [1.165, 1.54) is 11.3 Å². The lowest BCUT2D eigenvalue weighted by molar-refractivity contribution is -0.144. The highest BCUT2D eigenvalue weighted by molar-refractivity contribution is 7.22. The number of hydrogen-bond donors (Lipinski definition) is 3. The van der Waals surface area contributed by atoms with Crippen molar-refractivity contribution in [2.45, 2.75) is 12.0 Å². The van der Waals surface area contributed by atoms with Crippen LogP contribution in [0.2, 0.25) is 0 Å². The van der Waals surface area contributed by atoms with Crippen molar-refractivity contribution >= 4 is 38.7 Å². The van der Waals surface area contributed by atoms with Crippen molar-refractivity contribution in [3.05, 3.63) is 24.3 Å². The Morgan fingerprint density at radius 1 is 1.38 bits per heavy atom. The molecule has 3 N–H and O–H groups in total. The largest absolute Gasteiger partial charge is 0.479 e. The van der Waals surface area contributed by atoms with Crippen LogP contribution in [0.1, 0.15) is 6.42 Å². The summed E-state index contributed by atoms with van der Waals surface area (Å²) in [6, 6.07) is 6.90. The average molecular weight is 307 g/mol. The number of benzene rings is 1. The number of thiazole rings is 1. The number of nitrogens with one attached hydrogen (secondary N) is 2. The van der Waals surface area contributed by atoms with Crippen LogP contribution in [-0.4, -0.2) is 40.8 Å². The molecule has 1 aromatic carbocycles. The number of aromatic nitrogens is 1. The van der Waals surface area contributed by atoms with Gasteiger partial charge in [0.1, 0.15) is 0 Å². The summed E-state index contributed by atoms with van der Waals surface area (Å²) in [6.45, 7) is 0.281. The Morgan fingerprint density at radius 3 is 2.86 bits per heavy atom. The smallest absolute Gasteiger partial charge is 0.332 e. The molecule has 1 saturated heterocycles. The summed E-state index contributed by atoms with van der Waals surface area (Å²) in [5.74, 6) is -1.10. The third-order valence-electron chi connectivity index (χ3n) is 3.30. The van der Waals surface area contributed by atoms with Crippen LogP contribution in [0.25, 0.3) is 10.2 Å². The predicted octanol–water partition coefficient (Wildman–Crippen LogP) is 1.66. The van der Waals surface area contributed by atoms with Gasteiger partial charge in [-0.25, -0.2) is 14.6 Å². The molecule has 1 unspecified atom stereocenters. The van der Waals surface area contributed by atoms with Gasteiger partial charge in [-0.1, -0.05) is 23.5 Å². The fourth-order valence-corrected chi connectivity index (χ4v) is 3.02. The van der Waals surface area contributed by atoms with E-state index in [4.69, 9.17) is 4.74 Å². The molecule has 1 aliphatic heterocycles. The lowest BCUT2D eigenvalue weighted by Crippen LogP contribution is -2.56. The zero-order valence-electron chi connectivity index (χ0n) is 11.0. The van der Waals surface area contributed by atoms with Crippen LogP contribution in [0.3, 0.4) is 0 Å². The number of carboxylic acid groups (broad SMARTS) is 1. The fraction of sp³-hybridized carbons (Fsp3) is 0.308. The maximum absolute atomic E-state index is 12.0. The third kappa shape index (κ3) is 2.67.